The number of urea groups is 1. The van der Waals surface area contributed by atoms with Gasteiger partial charge in [-0.1, -0.05) is 18.2 Å². The van der Waals surface area contributed by atoms with E-state index in [0.717, 1.165) is 5.56 Å². The van der Waals surface area contributed by atoms with E-state index in [2.05, 4.69) is 15.6 Å². The number of rotatable bonds is 6. The van der Waals surface area contributed by atoms with Crippen molar-refractivity contribution in [3.8, 4) is 0 Å². The molecule has 2 rings (SSSR count). The number of carboxylic acid groups (broad SMARTS) is 1. The van der Waals surface area contributed by atoms with Crippen LogP contribution in [0.25, 0.3) is 0 Å². The van der Waals surface area contributed by atoms with E-state index in [1.165, 1.54) is 0 Å². The molecule has 0 atom stereocenters. The van der Waals surface area contributed by atoms with Gasteiger partial charge in [-0.2, -0.15) is 0 Å². The predicted molar refractivity (Wildman–Crippen MR) is 97.0 cm³/mol. The number of carbonyl (C=O) groups is 2. The summed E-state index contributed by atoms with van der Waals surface area (Å²) in [4.78, 5) is 26.6. The molecule has 0 spiro atoms. The summed E-state index contributed by atoms with van der Waals surface area (Å²) in [5, 5.41) is 14.1. The lowest BCUT2D eigenvalue weighted by Gasteiger charge is -2.09. The van der Waals surface area contributed by atoms with Crippen LogP contribution in [0.1, 0.15) is 12.0 Å². The van der Waals surface area contributed by atoms with E-state index < -0.39 is 12.0 Å². The fourth-order valence-corrected chi connectivity index (χ4v) is 2.15. The number of hydrogen-bond donors (Lipinski definition) is 5. The summed E-state index contributed by atoms with van der Waals surface area (Å²) in [5.74, 6) is -0.934. The zero-order valence-corrected chi connectivity index (χ0v) is 13.4. The summed E-state index contributed by atoms with van der Waals surface area (Å²) >= 11 is 0. The monoisotopic (exact) mass is 341 g/mol. The van der Waals surface area contributed by atoms with Gasteiger partial charge in [0, 0.05) is 17.8 Å². The number of carboxylic acids is 1. The number of hydrogen-bond acceptors (Lipinski definition) is 3. The maximum absolute atomic E-state index is 12.1. The molecule has 130 valence electrons. The Hall–Kier alpha value is -3.55. The second-order valence-corrected chi connectivity index (χ2v) is 5.26. The molecule has 0 unspecified atom stereocenters. The van der Waals surface area contributed by atoms with Gasteiger partial charge >= 0.3 is 12.0 Å². The fourth-order valence-electron chi connectivity index (χ4n) is 2.15. The normalized spacial score (nSPS) is 9.92. The van der Waals surface area contributed by atoms with E-state index in [4.69, 9.17) is 16.6 Å². The minimum absolute atomic E-state index is 0.0350. The lowest BCUT2D eigenvalue weighted by atomic mass is 10.1. The highest BCUT2D eigenvalue weighted by atomic mass is 16.4. The van der Waals surface area contributed by atoms with Gasteiger partial charge in [0.15, 0.2) is 5.96 Å². The Labute approximate surface area is 144 Å². The number of nitrogens with zero attached hydrogens (tertiary/aromatic N) is 1. The van der Waals surface area contributed by atoms with Gasteiger partial charge in [0.1, 0.15) is 0 Å². The van der Waals surface area contributed by atoms with Crippen LogP contribution < -0.4 is 22.1 Å². The minimum atomic E-state index is -0.864. The van der Waals surface area contributed by atoms with Crippen LogP contribution in [-0.2, 0) is 11.2 Å². The predicted octanol–water partition coefficient (Wildman–Crippen LogP) is 2.25. The summed E-state index contributed by atoms with van der Waals surface area (Å²) in [7, 11) is 0. The highest BCUT2D eigenvalue weighted by molar-refractivity contribution is 6.00. The second-order valence-electron chi connectivity index (χ2n) is 5.26. The van der Waals surface area contributed by atoms with Crippen molar-refractivity contribution < 1.29 is 14.7 Å². The van der Waals surface area contributed by atoms with E-state index in [1.54, 1.807) is 42.5 Å². The molecule has 0 aliphatic carbocycles. The molecule has 0 radical (unpaired) electrons. The van der Waals surface area contributed by atoms with Gasteiger partial charge in [0.05, 0.1) is 5.69 Å². The van der Waals surface area contributed by atoms with Gasteiger partial charge in [0.25, 0.3) is 0 Å². The number of nitrogens with two attached hydrogens (primary N) is 2. The highest BCUT2D eigenvalue weighted by Crippen LogP contribution is 2.18. The number of aryl methyl sites for hydroxylation is 1. The van der Waals surface area contributed by atoms with Crippen LogP contribution in [0.2, 0.25) is 0 Å². The van der Waals surface area contributed by atoms with Gasteiger partial charge in [0.2, 0.25) is 0 Å². The van der Waals surface area contributed by atoms with Gasteiger partial charge in [-0.25, -0.2) is 9.79 Å². The second kappa shape index (κ2) is 8.34. The zero-order valence-electron chi connectivity index (χ0n) is 13.4. The largest absolute Gasteiger partial charge is 0.481 e. The van der Waals surface area contributed by atoms with Crippen LogP contribution in [0.5, 0.6) is 0 Å². The number of amides is 2. The average Bonchev–Trinajstić information content (AvgIpc) is 2.53. The lowest BCUT2D eigenvalue weighted by Crippen LogP contribution is -2.22. The molecule has 0 aliphatic heterocycles. The van der Waals surface area contributed by atoms with Gasteiger partial charge in [-0.05, 0) is 42.3 Å². The van der Waals surface area contributed by atoms with Crippen LogP contribution in [0.15, 0.2) is 53.5 Å². The van der Waals surface area contributed by atoms with E-state index in [1.807, 2.05) is 6.07 Å². The Kier molecular flexibility index (Phi) is 5.94. The molecule has 8 heteroatoms. The maximum atomic E-state index is 12.1. The Bertz CT molecular complexity index is 800. The molecular weight excluding hydrogens is 322 g/mol. The minimum Gasteiger partial charge on any atom is -0.481 e. The Balaban J connectivity index is 1.99. The molecular formula is C17H19N5O3. The van der Waals surface area contributed by atoms with Crippen molar-refractivity contribution in [1.82, 2.24) is 0 Å². The van der Waals surface area contributed by atoms with Crippen LogP contribution >= 0.6 is 0 Å². The van der Waals surface area contributed by atoms with E-state index >= 15 is 0 Å². The fraction of sp³-hybridized carbons (Fsp3) is 0.118. The van der Waals surface area contributed by atoms with Crippen molar-refractivity contribution in [3.63, 3.8) is 0 Å². The van der Waals surface area contributed by atoms with Gasteiger partial charge in [-0.15, -0.1) is 0 Å². The number of carbonyl (C=O) groups excluding carboxylic acids is 1. The molecule has 2 aromatic carbocycles. The van der Waals surface area contributed by atoms with Crippen LogP contribution in [0.3, 0.4) is 0 Å². The number of anilines is 2. The molecule has 0 bridgehead atoms. The summed E-state index contributed by atoms with van der Waals surface area (Å²) < 4.78 is 0. The molecule has 0 saturated heterocycles. The first-order chi connectivity index (χ1) is 11.9. The zero-order chi connectivity index (χ0) is 18.2. The number of nitrogens with one attached hydrogen (secondary N) is 2. The van der Waals surface area contributed by atoms with E-state index in [-0.39, 0.29) is 12.4 Å². The molecule has 8 nitrogen and oxygen atoms in total. The van der Waals surface area contributed by atoms with Crippen LogP contribution in [-0.4, -0.2) is 23.1 Å². The SMILES string of the molecule is NC(N)=Nc1cccc(NC(=O)Nc2cccc(CCC(=O)O)c2)c1. The first-order valence-corrected chi connectivity index (χ1v) is 7.51. The van der Waals surface area contributed by atoms with Crippen molar-refractivity contribution in [1.29, 1.82) is 0 Å². The Morgan fingerprint density at radius 3 is 2.28 bits per heavy atom. The van der Waals surface area contributed by atoms with E-state index in [0.29, 0.717) is 23.5 Å². The number of guanidine groups is 1. The third kappa shape index (κ3) is 6.22. The number of benzene rings is 2. The first-order valence-electron chi connectivity index (χ1n) is 7.51. The van der Waals surface area contributed by atoms with Gasteiger partial charge in [-0.3, -0.25) is 4.79 Å². The molecule has 0 aromatic heterocycles. The molecule has 25 heavy (non-hydrogen) atoms. The Morgan fingerprint density at radius 2 is 1.64 bits per heavy atom. The summed E-state index contributed by atoms with van der Waals surface area (Å²) in [6, 6.07) is 13.3. The molecule has 2 amide bonds. The number of aliphatic carboxylic acids is 1. The lowest BCUT2D eigenvalue weighted by molar-refractivity contribution is -0.136. The maximum Gasteiger partial charge on any atom is 0.323 e. The molecule has 0 saturated carbocycles. The average molecular weight is 341 g/mol. The molecule has 2 aromatic rings. The first kappa shape index (κ1) is 17.8. The third-order valence-electron chi connectivity index (χ3n) is 3.17. The molecule has 0 fully saturated rings. The summed E-state index contributed by atoms with van der Waals surface area (Å²) in [6.07, 6.45) is 0.431. The standard InChI is InChI=1S/C17H19N5O3/c18-16(19)20-13-5-2-6-14(10-13)22-17(25)21-12-4-1-3-11(9-12)7-8-15(23)24/h1-6,9-10H,7-8H2,(H,23,24)(H4,18,19,20)(H2,21,22,25). The van der Waals surface area contributed by atoms with Crippen LogP contribution in [0.4, 0.5) is 21.9 Å². The van der Waals surface area contributed by atoms with Crippen molar-refractivity contribution in [2.24, 2.45) is 16.5 Å². The van der Waals surface area contributed by atoms with Crippen molar-refractivity contribution in [3.05, 3.63) is 54.1 Å². The Morgan fingerprint density at radius 1 is 1.00 bits per heavy atom. The van der Waals surface area contributed by atoms with E-state index in [9.17, 15) is 9.59 Å². The van der Waals surface area contributed by atoms with Crippen molar-refractivity contribution >= 4 is 35.0 Å². The quantitative estimate of drug-likeness (QED) is 0.404. The topological polar surface area (TPSA) is 143 Å². The van der Waals surface area contributed by atoms with Crippen LogP contribution in [0, 0.1) is 0 Å². The molecule has 7 N–H and O–H groups in total. The highest BCUT2D eigenvalue weighted by Gasteiger charge is 2.05. The number of aliphatic imine (C=N–C) groups is 1. The molecule has 0 heterocycles. The summed E-state index contributed by atoms with van der Waals surface area (Å²) in [5.41, 5.74) is 13.1. The van der Waals surface area contributed by atoms with Crippen molar-refractivity contribution in [2.45, 2.75) is 12.8 Å². The third-order valence-corrected chi connectivity index (χ3v) is 3.17. The smallest absolute Gasteiger partial charge is 0.323 e. The van der Waals surface area contributed by atoms with Gasteiger partial charge < -0.3 is 27.2 Å². The summed E-state index contributed by atoms with van der Waals surface area (Å²) in [6.45, 7) is 0. The van der Waals surface area contributed by atoms with Crippen molar-refractivity contribution in [2.75, 3.05) is 10.6 Å². The molecule has 0 aliphatic rings.